The van der Waals surface area contributed by atoms with Gasteiger partial charge in [0.2, 0.25) is 0 Å². The first-order chi connectivity index (χ1) is 12.9. The van der Waals surface area contributed by atoms with Gasteiger partial charge in [-0.05, 0) is 64.3 Å². The fraction of sp³-hybridized carbons (Fsp3) is 0.458. The summed E-state index contributed by atoms with van der Waals surface area (Å²) in [6.45, 7) is 13.6. The Hall–Kier alpha value is -1.97. The lowest BCUT2D eigenvalue weighted by atomic mass is 9.82. The van der Waals surface area contributed by atoms with Gasteiger partial charge in [-0.15, -0.1) is 0 Å². The molecule has 0 bridgehead atoms. The Morgan fingerprint density at radius 3 is 2.48 bits per heavy atom. The van der Waals surface area contributed by atoms with E-state index >= 15 is 0 Å². The normalized spacial score (nSPS) is 16.7. The van der Waals surface area contributed by atoms with Gasteiger partial charge in [0.15, 0.2) is 5.78 Å². The van der Waals surface area contributed by atoms with Crippen LogP contribution in [0.4, 0.5) is 0 Å². The van der Waals surface area contributed by atoms with E-state index in [9.17, 15) is 4.79 Å². The van der Waals surface area contributed by atoms with Gasteiger partial charge in [0, 0.05) is 24.7 Å². The molecule has 0 spiro atoms. The highest BCUT2D eigenvalue weighted by molar-refractivity contribution is 5.99. The third kappa shape index (κ3) is 5.06. The Kier molecular flexibility index (Phi) is 7.76. The third-order valence-electron chi connectivity index (χ3n) is 5.28. The fourth-order valence-electron chi connectivity index (χ4n) is 3.96. The molecule has 1 unspecified atom stereocenters. The molecule has 0 aliphatic carbocycles. The highest BCUT2D eigenvalue weighted by Gasteiger charge is 2.28. The molecule has 2 rings (SSSR count). The molecule has 0 amide bonds. The van der Waals surface area contributed by atoms with E-state index in [0.29, 0.717) is 13.2 Å². The number of Topliss-reactive ketones (excluding diaryl/α,β-unsaturated/α-hetero) is 1. The highest BCUT2D eigenvalue weighted by atomic mass is 16.5. The van der Waals surface area contributed by atoms with Crippen molar-refractivity contribution in [3.63, 3.8) is 0 Å². The van der Waals surface area contributed by atoms with Crippen LogP contribution >= 0.6 is 0 Å². The first-order valence-electron chi connectivity index (χ1n) is 9.77. The number of carbonyl (C=O) groups is 1. The maximum atomic E-state index is 13.3. The molecular weight excluding hydrogens is 334 g/mol. The minimum absolute atomic E-state index is 0.0371. The van der Waals surface area contributed by atoms with Gasteiger partial charge in [0.05, 0.1) is 6.04 Å². The van der Waals surface area contributed by atoms with Gasteiger partial charge in [0.1, 0.15) is 0 Å². The number of likely N-dealkylation sites (N-methyl/N-ethyl adjacent to an activating group) is 1. The lowest BCUT2D eigenvalue weighted by molar-refractivity contribution is 0.0544. The van der Waals surface area contributed by atoms with Crippen LogP contribution in [-0.4, -0.2) is 26.0 Å². The molecule has 146 valence electrons. The van der Waals surface area contributed by atoms with Crippen LogP contribution in [0.3, 0.4) is 0 Å². The number of hydrogen-bond acceptors (Lipinski definition) is 3. The molecule has 27 heavy (non-hydrogen) atoms. The van der Waals surface area contributed by atoms with Crippen molar-refractivity contribution in [1.29, 1.82) is 0 Å². The summed E-state index contributed by atoms with van der Waals surface area (Å²) in [5.74, 6) is 0.296. The van der Waals surface area contributed by atoms with Crippen molar-refractivity contribution in [1.82, 2.24) is 5.32 Å². The summed E-state index contributed by atoms with van der Waals surface area (Å²) in [5, 5.41) is 3.45. The van der Waals surface area contributed by atoms with Crippen LogP contribution in [-0.2, 0) is 4.74 Å². The number of ether oxygens (including phenoxy) is 1. The van der Waals surface area contributed by atoms with Crippen molar-refractivity contribution in [3.8, 4) is 0 Å². The van der Waals surface area contributed by atoms with E-state index in [-0.39, 0.29) is 17.7 Å². The minimum atomic E-state index is -0.0371. The van der Waals surface area contributed by atoms with Crippen LogP contribution in [0.25, 0.3) is 0 Å². The van der Waals surface area contributed by atoms with Crippen molar-refractivity contribution >= 4 is 5.78 Å². The smallest absolute Gasteiger partial charge is 0.166 e. The Bertz CT molecular complexity index is 748. The van der Waals surface area contributed by atoms with Crippen molar-refractivity contribution in [2.24, 2.45) is 5.92 Å². The van der Waals surface area contributed by atoms with E-state index < -0.39 is 0 Å². The van der Waals surface area contributed by atoms with E-state index in [1.807, 2.05) is 31.3 Å². The van der Waals surface area contributed by atoms with Crippen LogP contribution in [0.1, 0.15) is 61.1 Å². The SMILES string of the molecule is C=C/C=C(/C)C(=C(C)C)C(NC)c1cc(C)ccc1C(=O)C1CCOCC1. The van der Waals surface area contributed by atoms with Crippen molar-refractivity contribution in [3.05, 3.63) is 70.3 Å². The summed E-state index contributed by atoms with van der Waals surface area (Å²) in [5.41, 5.74) is 6.65. The number of allylic oxidation sites excluding steroid dienone is 3. The third-order valence-corrected chi connectivity index (χ3v) is 5.28. The Morgan fingerprint density at radius 1 is 1.26 bits per heavy atom. The van der Waals surface area contributed by atoms with Crippen LogP contribution < -0.4 is 5.32 Å². The van der Waals surface area contributed by atoms with Crippen LogP contribution in [0.5, 0.6) is 0 Å². The van der Waals surface area contributed by atoms with Crippen LogP contribution in [0.2, 0.25) is 0 Å². The fourth-order valence-corrected chi connectivity index (χ4v) is 3.96. The molecule has 0 radical (unpaired) electrons. The van der Waals surface area contributed by atoms with E-state index in [2.05, 4.69) is 45.7 Å². The maximum Gasteiger partial charge on any atom is 0.166 e. The molecule has 1 aliphatic rings. The standard InChI is InChI=1S/C24H33NO2/c1-7-8-18(5)22(16(2)3)23(25-6)21-15-17(4)9-10-20(21)24(26)19-11-13-27-14-12-19/h7-10,15,19,23,25H,1,11-14H2,2-6H3/b18-8-. The van der Waals surface area contributed by atoms with Crippen molar-refractivity contribution < 1.29 is 9.53 Å². The summed E-state index contributed by atoms with van der Waals surface area (Å²) in [7, 11) is 1.96. The molecule has 3 nitrogen and oxygen atoms in total. The van der Waals surface area contributed by atoms with Gasteiger partial charge in [0.25, 0.3) is 0 Å². The zero-order chi connectivity index (χ0) is 20.0. The molecule has 0 aromatic heterocycles. The number of carbonyl (C=O) groups excluding carboxylic acids is 1. The van der Waals surface area contributed by atoms with Gasteiger partial charge in [-0.2, -0.15) is 0 Å². The van der Waals surface area contributed by atoms with Gasteiger partial charge in [-0.1, -0.05) is 48.1 Å². The second-order valence-electron chi connectivity index (χ2n) is 7.56. The lowest BCUT2D eigenvalue weighted by Crippen LogP contribution is -2.27. The number of nitrogens with one attached hydrogen (secondary N) is 1. The Balaban J connectivity index is 2.55. The van der Waals surface area contributed by atoms with Crippen LogP contribution in [0, 0.1) is 12.8 Å². The summed E-state index contributed by atoms with van der Waals surface area (Å²) >= 11 is 0. The van der Waals surface area contributed by atoms with Gasteiger partial charge in [-0.25, -0.2) is 0 Å². The number of hydrogen-bond donors (Lipinski definition) is 1. The first-order valence-corrected chi connectivity index (χ1v) is 9.77. The minimum Gasteiger partial charge on any atom is -0.381 e. The highest BCUT2D eigenvalue weighted by Crippen LogP contribution is 2.34. The van der Waals surface area contributed by atoms with E-state index in [1.165, 1.54) is 11.1 Å². The monoisotopic (exact) mass is 367 g/mol. The molecule has 1 aromatic rings. The summed E-state index contributed by atoms with van der Waals surface area (Å²) in [4.78, 5) is 13.3. The molecule has 0 saturated carbocycles. The number of rotatable bonds is 7. The largest absolute Gasteiger partial charge is 0.381 e. The zero-order valence-electron chi connectivity index (χ0n) is 17.4. The topological polar surface area (TPSA) is 38.3 Å². The molecule has 3 heteroatoms. The second-order valence-corrected chi connectivity index (χ2v) is 7.56. The lowest BCUT2D eigenvalue weighted by Gasteiger charge is -2.27. The van der Waals surface area contributed by atoms with E-state index in [1.54, 1.807) is 0 Å². The van der Waals surface area contributed by atoms with Gasteiger partial charge >= 0.3 is 0 Å². The van der Waals surface area contributed by atoms with E-state index in [0.717, 1.165) is 35.1 Å². The molecule has 1 heterocycles. The number of aryl methyl sites for hydroxylation is 1. The summed E-state index contributed by atoms with van der Waals surface area (Å²) < 4.78 is 5.44. The maximum absolute atomic E-state index is 13.3. The predicted octanol–water partition coefficient (Wildman–Crippen LogP) is 5.33. The second kappa shape index (κ2) is 9.82. The number of benzene rings is 1. The van der Waals surface area contributed by atoms with Gasteiger partial charge in [-0.3, -0.25) is 4.79 Å². The molecule has 1 aliphatic heterocycles. The molecule has 1 aromatic carbocycles. The predicted molar refractivity (Wildman–Crippen MR) is 113 cm³/mol. The van der Waals surface area contributed by atoms with E-state index in [4.69, 9.17) is 4.74 Å². The van der Waals surface area contributed by atoms with Crippen molar-refractivity contribution in [2.75, 3.05) is 20.3 Å². The molecule has 1 saturated heterocycles. The van der Waals surface area contributed by atoms with Crippen molar-refractivity contribution in [2.45, 2.75) is 46.6 Å². The number of ketones is 1. The Labute approximate surface area is 164 Å². The molecular formula is C24H33NO2. The molecule has 1 fully saturated rings. The zero-order valence-corrected chi connectivity index (χ0v) is 17.4. The average molecular weight is 368 g/mol. The molecule has 1 N–H and O–H groups in total. The molecule has 1 atom stereocenters. The average Bonchev–Trinajstić information content (AvgIpc) is 2.65. The summed E-state index contributed by atoms with van der Waals surface area (Å²) in [6.07, 6.45) is 5.46. The summed E-state index contributed by atoms with van der Waals surface area (Å²) in [6, 6.07) is 6.15. The first kappa shape index (κ1) is 21.3. The van der Waals surface area contributed by atoms with Gasteiger partial charge < -0.3 is 10.1 Å². The Morgan fingerprint density at radius 2 is 1.93 bits per heavy atom. The van der Waals surface area contributed by atoms with Crippen LogP contribution in [0.15, 0.2) is 53.6 Å². The quantitative estimate of drug-likeness (QED) is 0.523.